The molecule has 98 valence electrons. The summed E-state index contributed by atoms with van der Waals surface area (Å²) in [5.74, 6) is 0.448. The normalized spacial score (nSPS) is 10.4. The number of alkyl halides is 1. The summed E-state index contributed by atoms with van der Waals surface area (Å²) in [6.45, 7) is 0. The molecule has 0 spiro atoms. The number of nitro groups is 1. The molecule has 8 heteroatoms. The molecule has 0 saturated heterocycles. The molecule has 0 amide bonds. The predicted octanol–water partition coefficient (Wildman–Crippen LogP) is 2.15. The Morgan fingerprint density at radius 3 is 2.63 bits per heavy atom. The van der Waals surface area contributed by atoms with E-state index in [2.05, 4.69) is 26.1 Å². The molecular weight excluding hydrogens is 318 g/mol. The summed E-state index contributed by atoms with van der Waals surface area (Å²) in [5.41, 5.74) is 0.578. The lowest BCUT2D eigenvalue weighted by molar-refractivity contribution is -0.384. The van der Waals surface area contributed by atoms with Crippen molar-refractivity contribution in [3.63, 3.8) is 0 Å². The number of aromatic nitrogens is 2. The van der Waals surface area contributed by atoms with Crippen LogP contribution in [0.4, 0.5) is 5.69 Å². The highest BCUT2D eigenvalue weighted by Crippen LogP contribution is 2.19. The van der Waals surface area contributed by atoms with E-state index in [0.29, 0.717) is 11.4 Å². The number of nitrogens with zero attached hydrogens (tertiary/aromatic N) is 3. The topological polar surface area (TPSA) is 99.1 Å². The minimum atomic E-state index is -0.486. The van der Waals surface area contributed by atoms with Gasteiger partial charge >= 0.3 is 0 Å². The van der Waals surface area contributed by atoms with Crippen LogP contribution in [0.1, 0.15) is 5.89 Å². The van der Waals surface area contributed by atoms with Crippen molar-refractivity contribution in [1.82, 2.24) is 10.1 Å². The van der Waals surface area contributed by atoms with Gasteiger partial charge in [-0.1, -0.05) is 21.1 Å². The van der Waals surface area contributed by atoms with Gasteiger partial charge in [-0.3, -0.25) is 14.9 Å². The highest BCUT2D eigenvalue weighted by molar-refractivity contribution is 9.09. The largest absolute Gasteiger partial charge is 0.339 e. The van der Waals surface area contributed by atoms with Crippen LogP contribution in [0.2, 0.25) is 0 Å². The third-order valence-electron chi connectivity index (χ3n) is 2.30. The number of hydrogen-bond donors (Lipinski definition) is 0. The van der Waals surface area contributed by atoms with Crippen LogP contribution in [-0.2, 0) is 11.2 Å². The van der Waals surface area contributed by atoms with E-state index < -0.39 is 4.92 Å². The standard InChI is InChI=1S/C11H8BrN3O4/c12-6-9(16)5-10-13-11(14-19-10)7-1-3-8(4-2-7)15(17)18/h1-4H,5-6H2. The molecule has 0 atom stereocenters. The van der Waals surface area contributed by atoms with Crippen molar-refractivity contribution in [3.8, 4) is 11.4 Å². The van der Waals surface area contributed by atoms with Gasteiger partial charge in [0.2, 0.25) is 11.7 Å². The van der Waals surface area contributed by atoms with Gasteiger partial charge in [-0.25, -0.2) is 0 Å². The number of nitro benzene ring substituents is 1. The van der Waals surface area contributed by atoms with Crippen LogP contribution in [0.5, 0.6) is 0 Å². The second kappa shape index (κ2) is 5.70. The van der Waals surface area contributed by atoms with E-state index in [1.54, 1.807) is 0 Å². The molecule has 0 aliphatic heterocycles. The van der Waals surface area contributed by atoms with Gasteiger partial charge in [0, 0.05) is 17.7 Å². The van der Waals surface area contributed by atoms with Crippen molar-refractivity contribution >= 4 is 27.4 Å². The number of non-ortho nitro benzene ring substituents is 1. The molecule has 0 aliphatic carbocycles. The van der Waals surface area contributed by atoms with Crippen LogP contribution >= 0.6 is 15.9 Å². The van der Waals surface area contributed by atoms with Gasteiger partial charge in [-0.15, -0.1) is 0 Å². The Balaban J connectivity index is 2.18. The average Bonchev–Trinajstić information content (AvgIpc) is 2.87. The molecule has 0 aliphatic rings. The molecule has 1 aromatic heterocycles. The van der Waals surface area contributed by atoms with Gasteiger partial charge in [0.15, 0.2) is 5.78 Å². The van der Waals surface area contributed by atoms with Crippen LogP contribution in [0, 0.1) is 10.1 Å². The van der Waals surface area contributed by atoms with Crippen LogP contribution in [0.25, 0.3) is 11.4 Å². The van der Waals surface area contributed by atoms with Crippen LogP contribution in [0.15, 0.2) is 28.8 Å². The molecule has 1 heterocycles. The first kappa shape index (κ1) is 13.3. The molecule has 0 unspecified atom stereocenters. The van der Waals surface area contributed by atoms with Crippen LogP contribution in [0.3, 0.4) is 0 Å². The summed E-state index contributed by atoms with van der Waals surface area (Å²) in [6, 6.07) is 5.77. The lowest BCUT2D eigenvalue weighted by atomic mass is 10.2. The molecule has 7 nitrogen and oxygen atoms in total. The lowest BCUT2D eigenvalue weighted by Gasteiger charge is -1.93. The fourth-order valence-corrected chi connectivity index (χ4v) is 1.59. The Morgan fingerprint density at radius 1 is 1.37 bits per heavy atom. The summed E-state index contributed by atoms with van der Waals surface area (Å²) in [4.78, 5) is 25.3. The summed E-state index contributed by atoms with van der Waals surface area (Å²) in [7, 11) is 0. The third kappa shape index (κ3) is 3.22. The van der Waals surface area contributed by atoms with E-state index in [0.717, 1.165) is 0 Å². The fourth-order valence-electron chi connectivity index (χ4n) is 1.39. The van der Waals surface area contributed by atoms with Gasteiger partial charge in [-0.2, -0.15) is 4.98 Å². The summed E-state index contributed by atoms with van der Waals surface area (Å²) in [6.07, 6.45) is 0.0607. The first-order chi connectivity index (χ1) is 9.10. The number of halogens is 1. The van der Waals surface area contributed by atoms with Crippen molar-refractivity contribution in [2.45, 2.75) is 6.42 Å². The molecule has 0 bridgehead atoms. The molecular formula is C11H8BrN3O4. The maximum Gasteiger partial charge on any atom is 0.269 e. The average molecular weight is 326 g/mol. The number of carbonyl (C=O) groups is 1. The Morgan fingerprint density at radius 2 is 2.05 bits per heavy atom. The monoisotopic (exact) mass is 325 g/mol. The quantitative estimate of drug-likeness (QED) is 0.474. The number of carbonyl (C=O) groups excluding carboxylic acids is 1. The van der Waals surface area contributed by atoms with Crippen molar-refractivity contribution in [3.05, 3.63) is 40.3 Å². The zero-order valence-electron chi connectivity index (χ0n) is 9.58. The van der Waals surface area contributed by atoms with Gasteiger partial charge in [0.05, 0.1) is 16.7 Å². The van der Waals surface area contributed by atoms with Gasteiger partial charge in [0.1, 0.15) is 0 Å². The lowest BCUT2D eigenvalue weighted by Crippen LogP contribution is -2.03. The second-order valence-electron chi connectivity index (χ2n) is 3.66. The van der Waals surface area contributed by atoms with E-state index in [1.807, 2.05) is 0 Å². The molecule has 1 aromatic carbocycles. The van der Waals surface area contributed by atoms with E-state index in [-0.39, 0.29) is 29.1 Å². The predicted molar refractivity (Wildman–Crippen MR) is 68.9 cm³/mol. The molecule has 19 heavy (non-hydrogen) atoms. The van der Waals surface area contributed by atoms with Gasteiger partial charge < -0.3 is 4.52 Å². The summed E-state index contributed by atoms with van der Waals surface area (Å²) < 4.78 is 4.93. The molecule has 2 rings (SSSR count). The van der Waals surface area contributed by atoms with Crippen molar-refractivity contribution in [1.29, 1.82) is 0 Å². The number of rotatable bonds is 5. The van der Waals surface area contributed by atoms with Crippen LogP contribution < -0.4 is 0 Å². The molecule has 0 saturated carbocycles. The Bertz CT molecular complexity index is 609. The van der Waals surface area contributed by atoms with E-state index >= 15 is 0 Å². The number of ketones is 1. The summed E-state index contributed by atoms with van der Waals surface area (Å²) in [5, 5.41) is 14.5. The van der Waals surface area contributed by atoms with Crippen LogP contribution in [-0.4, -0.2) is 26.2 Å². The molecule has 0 fully saturated rings. The molecule has 2 aromatic rings. The van der Waals surface area contributed by atoms with Crippen molar-refractivity contribution < 1.29 is 14.2 Å². The third-order valence-corrected chi connectivity index (χ3v) is 2.93. The maximum absolute atomic E-state index is 11.2. The van der Waals surface area contributed by atoms with Crippen molar-refractivity contribution in [2.75, 3.05) is 5.33 Å². The molecule has 0 radical (unpaired) electrons. The van der Waals surface area contributed by atoms with Gasteiger partial charge in [-0.05, 0) is 12.1 Å². The zero-order valence-corrected chi connectivity index (χ0v) is 11.2. The zero-order chi connectivity index (χ0) is 13.8. The van der Waals surface area contributed by atoms with E-state index in [1.165, 1.54) is 24.3 Å². The first-order valence-electron chi connectivity index (χ1n) is 5.25. The Kier molecular flexibility index (Phi) is 4.00. The van der Waals surface area contributed by atoms with E-state index in [9.17, 15) is 14.9 Å². The minimum absolute atomic E-state index is 0.0121. The fraction of sp³-hybridized carbons (Fsp3) is 0.182. The number of hydrogen-bond acceptors (Lipinski definition) is 6. The maximum atomic E-state index is 11.2. The minimum Gasteiger partial charge on any atom is -0.339 e. The Labute approximate surface area is 115 Å². The molecule has 0 N–H and O–H groups in total. The van der Waals surface area contributed by atoms with Crippen molar-refractivity contribution in [2.24, 2.45) is 0 Å². The van der Waals surface area contributed by atoms with Gasteiger partial charge in [0.25, 0.3) is 5.69 Å². The highest BCUT2D eigenvalue weighted by atomic mass is 79.9. The Hall–Kier alpha value is -2.09. The smallest absolute Gasteiger partial charge is 0.269 e. The number of benzene rings is 1. The second-order valence-corrected chi connectivity index (χ2v) is 4.23. The van der Waals surface area contributed by atoms with E-state index in [4.69, 9.17) is 4.52 Å². The number of Topliss-reactive ketones (excluding diaryl/α,β-unsaturated/α-hetero) is 1. The highest BCUT2D eigenvalue weighted by Gasteiger charge is 2.13. The first-order valence-corrected chi connectivity index (χ1v) is 6.37. The summed E-state index contributed by atoms with van der Waals surface area (Å²) >= 11 is 3.04. The SMILES string of the molecule is O=C(CBr)Cc1nc(-c2ccc([N+](=O)[O-])cc2)no1.